The lowest BCUT2D eigenvalue weighted by atomic mass is 9.89. The van der Waals surface area contributed by atoms with Gasteiger partial charge in [-0.1, -0.05) is 38.7 Å². The topological polar surface area (TPSA) is 55.1 Å². The minimum absolute atomic E-state index is 0.0190. The largest absolute Gasteiger partial charge is 0.347 e. The Morgan fingerprint density at radius 2 is 1.86 bits per heavy atom. The second-order valence-corrected chi connectivity index (χ2v) is 5.33. The van der Waals surface area contributed by atoms with Gasteiger partial charge in [-0.25, -0.2) is 0 Å². The fraction of sp³-hybridized carbons (Fsp3) is 0.500. The third kappa shape index (κ3) is 4.34. The van der Waals surface area contributed by atoms with Crippen molar-refractivity contribution in [2.45, 2.75) is 52.5 Å². The molecule has 0 aliphatic rings. The van der Waals surface area contributed by atoms with E-state index in [1.807, 2.05) is 25.1 Å². The number of hydrogen-bond acceptors (Lipinski definition) is 2. The maximum absolute atomic E-state index is 12.6. The Morgan fingerprint density at radius 1 is 1.24 bits per heavy atom. The maximum Gasteiger partial charge on any atom is 0.252 e. The van der Waals surface area contributed by atoms with E-state index in [1.54, 1.807) is 0 Å². The molecule has 0 fully saturated rings. The van der Waals surface area contributed by atoms with Crippen LogP contribution in [0.3, 0.4) is 0 Å². The van der Waals surface area contributed by atoms with E-state index in [2.05, 4.69) is 37.9 Å². The average Bonchev–Trinajstić information content (AvgIpc) is 2.51. The van der Waals surface area contributed by atoms with Crippen LogP contribution in [0, 0.1) is 18.8 Å². The lowest BCUT2D eigenvalue weighted by Gasteiger charge is -2.32. The predicted octanol–water partition coefficient (Wildman–Crippen LogP) is 3.00. The van der Waals surface area contributed by atoms with Crippen LogP contribution in [0.5, 0.6) is 0 Å². The molecule has 0 saturated carbocycles. The first kappa shape index (κ1) is 17.3. The molecule has 21 heavy (non-hydrogen) atoms. The smallest absolute Gasteiger partial charge is 0.252 e. The number of benzene rings is 1. The molecule has 0 saturated heterocycles. The van der Waals surface area contributed by atoms with Gasteiger partial charge in [-0.05, 0) is 43.9 Å². The van der Waals surface area contributed by atoms with E-state index in [1.165, 1.54) is 0 Å². The summed E-state index contributed by atoms with van der Waals surface area (Å²) >= 11 is 0. The van der Waals surface area contributed by atoms with Crippen molar-refractivity contribution in [3.8, 4) is 11.8 Å². The van der Waals surface area contributed by atoms with Gasteiger partial charge in [-0.3, -0.25) is 4.79 Å². The highest BCUT2D eigenvalue weighted by atomic mass is 16.1. The predicted molar refractivity (Wildman–Crippen MR) is 88.2 cm³/mol. The van der Waals surface area contributed by atoms with Crippen LogP contribution in [0.15, 0.2) is 18.2 Å². The third-order valence-electron chi connectivity index (χ3n) is 4.23. The van der Waals surface area contributed by atoms with Crippen molar-refractivity contribution in [3.63, 3.8) is 0 Å². The van der Waals surface area contributed by atoms with Crippen molar-refractivity contribution in [1.29, 1.82) is 0 Å². The van der Waals surface area contributed by atoms with Crippen LogP contribution in [-0.2, 0) is 0 Å². The van der Waals surface area contributed by atoms with Crippen LogP contribution in [0.1, 0.15) is 61.5 Å². The molecule has 0 aliphatic carbocycles. The van der Waals surface area contributed by atoms with E-state index in [4.69, 9.17) is 5.73 Å². The van der Waals surface area contributed by atoms with E-state index >= 15 is 0 Å². The molecule has 0 spiro atoms. The molecule has 0 heterocycles. The zero-order chi connectivity index (χ0) is 15.9. The second kappa shape index (κ2) is 7.85. The Kier molecular flexibility index (Phi) is 6.45. The van der Waals surface area contributed by atoms with Gasteiger partial charge in [0.05, 0.1) is 6.54 Å². The van der Waals surface area contributed by atoms with Gasteiger partial charge in [0.15, 0.2) is 0 Å². The number of hydrogen-bond donors (Lipinski definition) is 2. The van der Waals surface area contributed by atoms with Crippen molar-refractivity contribution in [3.05, 3.63) is 34.9 Å². The molecular weight excluding hydrogens is 260 g/mol. The van der Waals surface area contributed by atoms with E-state index in [0.29, 0.717) is 12.1 Å². The highest BCUT2D eigenvalue weighted by Crippen LogP contribution is 2.21. The SMILES string of the molecule is CCC(CC)(CC)NC(=O)c1cc(C#CCN)ccc1C. The molecule has 3 heteroatoms. The van der Waals surface area contributed by atoms with Crippen LogP contribution in [0.4, 0.5) is 0 Å². The molecular formula is C18H26N2O. The zero-order valence-corrected chi connectivity index (χ0v) is 13.5. The Hall–Kier alpha value is -1.79. The fourth-order valence-corrected chi connectivity index (χ4v) is 2.42. The summed E-state index contributed by atoms with van der Waals surface area (Å²) in [7, 11) is 0. The molecule has 0 radical (unpaired) electrons. The van der Waals surface area contributed by atoms with Gasteiger partial charge in [0, 0.05) is 16.7 Å². The van der Waals surface area contributed by atoms with Gasteiger partial charge >= 0.3 is 0 Å². The number of rotatable bonds is 5. The van der Waals surface area contributed by atoms with Crippen molar-refractivity contribution in [2.75, 3.05) is 6.54 Å². The number of nitrogens with two attached hydrogens (primary N) is 1. The van der Waals surface area contributed by atoms with Crippen LogP contribution in [-0.4, -0.2) is 18.0 Å². The molecule has 0 aliphatic heterocycles. The number of carbonyl (C=O) groups excluding carboxylic acids is 1. The molecule has 0 unspecified atom stereocenters. The van der Waals surface area contributed by atoms with E-state index < -0.39 is 0 Å². The molecule has 1 aromatic carbocycles. The summed E-state index contributed by atoms with van der Waals surface area (Å²) in [6, 6.07) is 5.70. The maximum atomic E-state index is 12.6. The fourth-order valence-electron chi connectivity index (χ4n) is 2.42. The normalized spacial score (nSPS) is 10.7. The first-order chi connectivity index (χ1) is 10.0. The molecule has 1 rings (SSSR count). The number of carbonyl (C=O) groups is 1. The van der Waals surface area contributed by atoms with Crippen LogP contribution in [0.2, 0.25) is 0 Å². The van der Waals surface area contributed by atoms with Gasteiger partial charge in [0.2, 0.25) is 0 Å². The van der Waals surface area contributed by atoms with Gasteiger partial charge in [-0.2, -0.15) is 0 Å². The Morgan fingerprint density at radius 3 is 2.38 bits per heavy atom. The van der Waals surface area contributed by atoms with Crippen molar-refractivity contribution >= 4 is 5.91 Å². The van der Waals surface area contributed by atoms with Crippen LogP contribution >= 0.6 is 0 Å². The standard InChI is InChI=1S/C18H26N2O/c1-5-18(6-2,7-3)20-17(21)16-13-15(9-8-12-19)11-10-14(16)4/h10-11,13H,5-7,12,19H2,1-4H3,(H,20,21). The van der Waals surface area contributed by atoms with Gasteiger partial charge < -0.3 is 11.1 Å². The summed E-state index contributed by atoms with van der Waals surface area (Å²) in [6.45, 7) is 8.61. The van der Waals surface area contributed by atoms with Crippen molar-refractivity contribution in [2.24, 2.45) is 5.73 Å². The molecule has 3 N–H and O–H groups in total. The highest BCUT2D eigenvalue weighted by molar-refractivity contribution is 5.96. The minimum atomic E-state index is -0.123. The zero-order valence-electron chi connectivity index (χ0n) is 13.5. The minimum Gasteiger partial charge on any atom is -0.347 e. The molecule has 114 valence electrons. The molecule has 1 amide bonds. The Labute approximate surface area is 128 Å². The van der Waals surface area contributed by atoms with Crippen LogP contribution < -0.4 is 11.1 Å². The van der Waals surface area contributed by atoms with Gasteiger partial charge in [0.25, 0.3) is 5.91 Å². The second-order valence-electron chi connectivity index (χ2n) is 5.33. The van der Waals surface area contributed by atoms with Crippen molar-refractivity contribution < 1.29 is 4.79 Å². The Balaban J connectivity index is 3.06. The monoisotopic (exact) mass is 286 g/mol. The lowest BCUT2D eigenvalue weighted by Crippen LogP contribution is -2.47. The van der Waals surface area contributed by atoms with E-state index in [9.17, 15) is 4.79 Å². The lowest BCUT2D eigenvalue weighted by molar-refractivity contribution is 0.0887. The number of amides is 1. The Bertz CT molecular complexity index is 540. The third-order valence-corrected chi connectivity index (χ3v) is 4.23. The van der Waals surface area contributed by atoms with Gasteiger partial charge in [0.1, 0.15) is 0 Å². The van der Waals surface area contributed by atoms with Gasteiger partial charge in [-0.15, -0.1) is 0 Å². The number of nitrogens with one attached hydrogen (secondary N) is 1. The highest BCUT2D eigenvalue weighted by Gasteiger charge is 2.26. The summed E-state index contributed by atoms with van der Waals surface area (Å²) in [4.78, 5) is 12.6. The molecule has 3 nitrogen and oxygen atoms in total. The summed E-state index contributed by atoms with van der Waals surface area (Å²) < 4.78 is 0. The van der Waals surface area contributed by atoms with Crippen LogP contribution in [0.25, 0.3) is 0 Å². The average molecular weight is 286 g/mol. The summed E-state index contributed by atoms with van der Waals surface area (Å²) in [5.74, 6) is 5.78. The molecule has 1 aromatic rings. The first-order valence-corrected chi connectivity index (χ1v) is 7.64. The van der Waals surface area contributed by atoms with E-state index in [0.717, 1.165) is 30.4 Å². The first-order valence-electron chi connectivity index (χ1n) is 7.64. The van der Waals surface area contributed by atoms with E-state index in [-0.39, 0.29) is 11.4 Å². The molecule has 0 aromatic heterocycles. The molecule has 0 bridgehead atoms. The summed E-state index contributed by atoms with van der Waals surface area (Å²) in [5.41, 5.74) is 7.75. The summed E-state index contributed by atoms with van der Waals surface area (Å²) in [5, 5.41) is 3.21. The molecule has 0 atom stereocenters. The van der Waals surface area contributed by atoms with Crippen molar-refractivity contribution in [1.82, 2.24) is 5.32 Å². The summed E-state index contributed by atoms with van der Waals surface area (Å²) in [6.07, 6.45) is 2.78. The number of aryl methyl sites for hydroxylation is 1. The quantitative estimate of drug-likeness (QED) is 0.818.